The van der Waals surface area contributed by atoms with E-state index in [9.17, 15) is 9.59 Å². The van der Waals surface area contributed by atoms with Crippen LogP contribution in [0.4, 0.5) is 0 Å². The topological polar surface area (TPSA) is 95.4 Å². The SMILES string of the molecule is CC1(C)Oc2c(C(N)=O)cc(C(N)=O)cc2C1c1ccccc1. The van der Waals surface area contributed by atoms with E-state index >= 15 is 0 Å². The maximum atomic E-state index is 11.8. The van der Waals surface area contributed by atoms with E-state index < -0.39 is 17.4 Å². The van der Waals surface area contributed by atoms with Crippen LogP contribution in [-0.4, -0.2) is 17.4 Å². The summed E-state index contributed by atoms with van der Waals surface area (Å²) < 4.78 is 6.04. The van der Waals surface area contributed by atoms with Crippen molar-refractivity contribution in [1.82, 2.24) is 0 Å². The molecule has 0 radical (unpaired) electrons. The van der Waals surface area contributed by atoms with Gasteiger partial charge in [0.05, 0.1) is 11.5 Å². The van der Waals surface area contributed by atoms with Gasteiger partial charge < -0.3 is 16.2 Å². The number of hydrogen-bond acceptors (Lipinski definition) is 3. The number of hydrogen-bond donors (Lipinski definition) is 2. The lowest BCUT2D eigenvalue weighted by Gasteiger charge is -2.26. The normalized spacial score (nSPS) is 18.1. The third-order valence-corrected chi connectivity index (χ3v) is 4.17. The summed E-state index contributed by atoms with van der Waals surface area (Å²) in [4.78, 5) is 23.4. The minimum absolute atomic E-state index is 0.129. The predicted octanol–water partition coefficient (Wildman–Crippen LogP) is 2.19. The molecule has 1 atom stereocenters. The van der Waals surface area contributed by atoms with E-state index in [4.69, 9.17) is 16.2 Å². The molecule has 0 bridgehead atoms. The Hall–Kier alpha value is -2.82. The van der Waals surface area contributed by atoms with Crippen molar-refractivity contribution >= 4 is 11.8 Å². The van der Waals surface area contributed by atoms with Gasteiger partial charge in [-0.1, -0.05) is 30.3 Å². The molecule has 0 aliphatic carbocycles. The van der Waals surface area contributed by atoms with Gasteiger partial charge in [-0.05, 0) is 31.5 Å². The van der Waals surface area contributed by atoms with E-state index in [-0.39, 0.29) is 17.0 Å². The van der Waals surface area contributed by atoms with Crippen LogP contribution in [0.1, 0.15) is 51.6 Å². The number of benzene rings is 2. The van der Waals surface area contributed by atoms with Gasteiger partial charge >= 0.3 is 0 Å². The van der Waals surface area contributed by atoms with E-state index in [1.54, 1.807) is 6.07 Å². The number of primary amides is 2. The van der Waals surface area contributed by atoms with Gasteiger partial charge in [-0.15, -0.1) is 0 Å². The van der Waals surface area contributed by atoms with Gasteiger partial charge in [0, 0.05) is 11.1 Å². The quantitative estimate of drug-likeness (QED) is 0.909. The third kappa shape index (κ3) is 2.44. The number of carbonyl (C=O) groups excluding carboxylic acids is 2. The number of amides is 2. The fourth-order valence-corrected chi connectivity index (χ4v) is 3.23. The van der Waals surface area contributed by atoms with Gasteiger partial charge in [-0.3, -0.25) is 9.59 Å². The molecular formula is C18H18N2O3. The van der Waals surface area contributed by atoms with Crippen molar-refractivity contribution < 1.29 is 14.3 Å². The van der Waals surface area contributed by atoms with E-state index in [0.717, 1.165) is 11.1 Å². The first-order valence-electron chi connectivity index (χ1n) is 7.33. The van der Waals surface area contributed by atoms with Crippen LogP contribution < -0.4 is 16.2 Å². The molecule has 1 heterocycles. The summed E-state index contributed by atoms with van der Waals surface area (Å²) in [7, 11) is 0. The van der Waals surface area contributed by atoms with E-state index in [0.29, 0.717) is 5.75 Å². The van der Waals surface area contributed by atoms with Gasteiger partial charge in [0.1, 0.15) is 11.4 Å². The molecule has 4 N–H and O–H groups in total. The van der Waals surface area contributed by atoms with Crippen molar-refractivity contribution in [2.24, 2.45) is 11.5 Å². The Morgan fingerprint density at radius 1 is 1.04 bits per heavy atom. The lowest BCUT2D eigenvalue weighted by molar-refractivity contribution is 0.0977. The summed E-state index contributed by atoms with van der Waals surface area (Å²) >= 11 is 0. The Labute approximate surface area is 134 Å². The standard InChI is InChI=1S/C18H18N2O3/c1-18(2)14(10-6-4-3-5-7-10)12-8-11(16(19)21)9-13(17(20)22)15(12)23-18/h3-9,14H,1-2H3,(H2,19,21)(H2,20,22). The lowest BCUT2D eigenvalue weighted by atomic mass is 9.80. The summed E-state index contributed by atoms with van der Waals surface area (Å²) in [6, 6.07) is 12.9. The number of fused-ring (bicyclic) bond motifs is 1. The summed E-state index contributed by atoms with van der Waals surface area (Å²) in [6.07, 6.45) is 0. The Balaban J connectivity index is 2.27. The Kier molecular flexibility index (Phi) is 3.36. The van der Waals surface area contributed by atoms with Crippen LogP contribution in [-0.2, 0) is 0 Å². The Bertz CT molecular complexity index is 797. The van der Waals surface area contributed by atoms with Gasteiger partial charge in [0.2, 0.25) is 5.91 Å². The largest absolute Gasteiger partial charge is 0.486 e. The van der Waals surface area contributed by atoms with Crippen molar-refractivity contribution in [3.05, 3.63) is 64.7 Å². The van der Waals surface area contributed by atoms with Crippen molar-refractivity contribution in [2.45, 2.75) is 25.4 Å². The molecule has 0 fully saturated rings. The summed E-state index contributed by atoms with van der Waals surface area (Å²) in [5.74, 6) is -0.946. The molecule has 23 heavy (non-hydrogen) atoms. The zero-order valence-corrected chi connectivity index (χ0v) is 13.0. The molecule has 2 amide bonds. The number of ether oxygens (including phenoxy) is 1. The van der Waals surface area contributed by atoms with Gasteiger partial charge in [-0.2, -0.15) is 0 Å². The predicted molar refractivity (Wildman–Crippen MR) is 86.5 cm³/mol. The molecule has 1 aliphatic rings. The number of carbonyl (C=O) groups is 2. The fourth-order valence-electron chi connectivity index (χ4n) is 3.23. The molecule has 1 aliphatic heterocycles. The molecule has 3 rings (SSSR count). The highest BCUT2D eigenvalue weighted by molar-refractivity contribution is 6.01. The van der Waals surface area contributed by atoms with Crippen molar-refractivity contribution in [3.63, 3.8) is 0 Å². The molecule has 0 spiro atoms. The molecule has 118 valence electrons. The van der Waals surface area contributed by atoms with E-state index in [1.165, 1.54) is 6.07 Å². The first-order valence-corrected chi connectivity index (χ1v) is 7.33. The molecule has 0 aromatic heterocycles. The van der Waals surface area contributed by atoms with Crippen LogP contribution >= 0.6 is 0 Å². The van der Waals surface area contributed by atoms with E-state index in [1.807, 2.05) is 44.2 Å². The second-order valence-corrected chi connectivity index (χ2v) is 6.22. The minimum Gasteiger partial charge on any atom is -0.486 e. The molecule has 1 unspecified atom stereocenters. The lowest BCUT2D eigenvalue weighted by Crippen LogP contribution is -2.31. The average molecular weight is 310 g/mol. The van der Waals surface area contributed by atoms with Crippen molar-refractivity contribution in [2.75, 3.05) is 0 Å². The highest BCUT2D eigenvalue weighted by Crippen LogP contribution is 2.49. The highest BCUT2D eigenvalue weighted by Gasteiger charge is 2.44. The van der Waals surface area contributed by atoms with Gasteiger partial charge in [0.15, 0.2) is 0 Å². The maximum absolute atomic E-state index is 11.8. The average Bonchev–Trinajstić information content (AvgIpc) is 2.76. The molecule has 5 heteroatoms. The van der Waals surface area contributed by atoms with Crippen LogP contribution in [0.2, 0.25) is 0 Å². The maximum Gasteiger partial charge on any atom is 0.252 e. The van der Waals surface area contributed by atoms with Crippen LogP contribution in [0.25, 0.3) is 0 Å². The monoisotopic (exact) mass is 310 g/mol. The smallest absolute Gasteiger partial charge is 0.252 e. The third-order valence-electron chi connectivity index (χ3n) is 4.17. The molecular weight excluding hydrogens is 292 g/mol. The van der Waals surface area contributed by atoms with Crippen molar-refractivity contribution in [3.8, 4) is 5.75 Å². The first-order chi connectivity index (χ1) is 10.8. The fraction of sp³-hybridized carbons (Fsp3) is 0.222. The molecule has 5 nitrogen and oxygen atoms in total. The highest BCUT2D eigenvalue weighted by atomic mass is 16.5. The second kappa shape index (κ2) is 5.12. The number of rotatable bonds is 3. The van der Waals surface area contributed by atoms with Crippen LogP contribution in [0.15, 0.2) is 42.5 Å². The Morgan fingerprint density at radius 3 is 2.26 bits per heavy atom. The van der Waals surface area contributed by atoms with Crippen LogP contribution in [0, 0.1) is 0 Å². The van der Waals surface area contributed by atoms with Gasteiger partial charge in [-0.25, -0.2) is 0 Å². The van der Waals surface area contributed by atoms with E-state index in [2.05, 4.69) is 0 Å². The number of nitrogens with two attached hydrogens (primary N) is 2. The second-order valence-electron chi connectivity index (χ2n) is 6.22. The van der Waals surface area contributed by atoms with Crippen LogP contribution in [0.5, 0.6) is 5.75 Å². The zero-order chi connectivity index (χ0) is 16.8. The molecule has 2 aromatic carbocycles. The molecule has 2 aromatic rings. The molecule has 0 saturated heterocycles. The van der Waals surface area contributed by atoms with Gasteiger partial charge in [0.25, 0.3) is 5.91 Å². The van der Waals surface area contributed by atoms with Crippen LogP contribution in [0.3, 0.4) is 0 Å². The summed E-state index contributed by atoms with van der Waals surface area (Å²) in [6.45, 7) is 3.89. The Morgan fingerprint density at radius 2 is 1.70 bits per heavy atom. The first kappa shape index (κ1) is 15.1. The minimum atomic E-state index is -0.645. The summed E-state index contributed by atoms with van der Waals surface area (Å²) in [5.41, 5.74) is 12.5. The van der Waals surface area contributed by atoms with Crippen molar-refractivity contribution in [1.29, 1.82) is 0 Å². The molecule has 0 saturated carbocycles. The zero-order valence-electron chi connectivity index (χ0n) is 13.0. The summed E-state index contributed by atoms with van der Waals surface area (Å²) in [5, 5.41) is 0.